The fourth-order valence-corrected chi connectivity index (χ4v) is 4.53. The van der Waals surface area contributed by atoms with Gasteiger partial charge in [-0.15, -0.1) is 0 Å². The van der Waals surface area contributed by atoms with Crippen LogP contribution in [0.15, 0.2) is 43.1 Å². The number of urea groups is 1. The van der Waals surface area contributed by atoms with Gasteiger partial charge in [0.2, 0.25) is 0 Å². The van der Waals surface area contributed by atoms with Crippen LogP contribution < -0.4 is 4.90 Å². The average Bonchev–Trinajstić information content (AvgIpc) is 3.60. The first-order valence-electron chi connectivity index (χ1n) is 12.4. The molecule has 0 atom stereocenters. The second-order valence-corrected chi connectivity index (χ2v) is 9.43. The van der Waals surface area contributed by atoms with Crippen LogP contribution in [-0.4, -0.2) is 104 Å². The number of anilines is 1. The number of hydrogen-bond donors (Lipinski definition) is 2. The number of rotatable bonds is 4. The zero-order valence-corrected chi connectivity index (χ0v) is 21.7. The Bertz CT molecular complexity index is 1700. The van der Waals surface area contributed by atoms with Crippen molar-refractivity contribution in [2.75, 3.05) is 52.3 Å². The van der Waals surface area contributed by atoms with Gasteiger partial charge in [0.15, 0.2) is 11.5 Å². The highest BCUT2D eigenvalue weighted by molar-refractivity contribution is 6.05. The molecule has 0 bridgehead atoms. The number of carbonyl (C=O) groups is 2. The van der Waals surface area contributed by atoms with Crippen molar-refractivity contribution in [1.29, 1.82) is 0 Å². The van der Waals surface area contributed by atoms with Gasteiger partial charge in [0, 0.05) is 63.9 Å². The summed E-state index contributed by atoms with van der Waals surface area (Å²) in [6, 6.07) is 3.75. The van der Waals surface area contributed by atoms with Crippen molar-refractivity contribution < 1.29 is 14.3 Å². The van der Waals surface area contributed by atoms with Gasteiger partial charge >= 0.3 is 6.03 Å². The summed E-state index contributed by atoms with van der Waals surface area (Å²) in [6.07, 6.45) is 8.25. The molecule has 3 amide bonds. The minimum absolute atomic E-state index is 0.102. The minimum atomic E-state index is -0.188. The van der Waals surface area contributed by atoms with Crippen molar-refractivity contribution in [3.8, 4) is 22.6 Å². The number of morpholine rings is 1. The predicted octanol–water partition coefficient (Wildman–Crippen LogP) is 2.55. The van der Waals surface area contributed by atoms with E-state index in [0.717, 1.165) is 16.5 Å². The molecule has 1 aliphatic rings. The Morgan fingerprint density at radius 1 is 0.974 bits per heavy atom. The molecule has 0 aromatic carbocycles. The van der Waals surface area contributed by atoms with Crippen molar-refractivity contribution in [1.82, 2.24) is 44.9 Å². The van der Waals surface area contributed by atoms with Gasteiger partial charge < -0.3 is 19.5 Å². The van der Waals surface area contributed by atoms with Crippen molar-refractivity contribution in [3.05, 3.63) is 48.7 Å². The quantitative estimate of drug-likeness (QED) is 0.363. The zero-order chi connectivity index (χ0) is 27.1. The summed E-state index contributed by atoms with van der Waals surface area (Å²) in [6.45, 7) is 2.18. The van der Waals surface area contributed by atoms with Gasteiger partial charge in [-0.1, -0.05) is 0 Å². The Labute approximate surface area is 222 Å². The van der Waals surface area contributed by atoms with Gasteiger partial charge in [-0.05, 0) is 12.1 Å². The second kappa shape index (κ2) is 9.76. The molecule has 2 N–H and O–H groups in total. The molecule has 13 heteroatoms. The van der Waals surface area contributed by atoms with E-state index in [4.69, 9.17) is 4.74 Å². The third-order valence-electron chi connectivity index (χ3n) is 6.68. The lowest BCUT2D eigenvalue weighted by Crippen LogP contribution is -2.47. The van der Waals surface area contributed by atoms with Gasteiger partial charge in [-0.25, -0.2) is 14.8 Å². The lowest BCUT2D eigenvalue weighted by molar-refractivity contribution is 0.0551. The molecule has 5 aromatic heterocycles. The number of carbonyl (C=O) groups excluding carboxylic acids is 2. The summed E-state index contributed by atoms with van der Waals surface area (Å²) >= 11 is 0. The van der Waals surface area contributed by atoms with E-state index in [-0.39, 0.29) is 11.9 Å². The van der Waals surface area contributed by atoms with Crippen LogP contribution in [0.3, 0.4) is 0 Å². The van der Waals surface area contributed by atoms with Crippen LogP contribution in [-0.2, 0) is 4.74 Å². The summed E-state index contributed by atoms with van der Waals surface area (Å²) in [5, 5.41) is 8.13. The number of hydrogen-bond acceptors (Lipinski definition) is 8. The van der Waals surface area contributed by atoms with Gasteiger partial charge in [0.1, 0.15) is 11.2 Å². The molecule has 13 nitrogen and oxygen atoms in total. The van der Waals surface area contributed by atoms with Gasteiger partial charge in [-0.2, -0.15) is 5.10 Å². The number of ether oxygens (including phenoxy) is 1. The standard InChI is InChI=1S/C26H26N10O3/c1-34(2)25(37)19-13-28-14-20-21(19)31-24(30-20)22-18-9-16(11-29-23(18)33-32-22)15-8-17(12-27-10-15)35(3)26(38)36-4-6-39-7-5-36/h8-14H,4-7H2,1-3H3,(H,30,31)(H,29,32,33). The summed E-state index contributed by atoms with van der Waals surface area (Å²) in [4.78, 5) is 51.5. The Morgan fingerprint density at radius 2 is 1.74 bits per heavy atom. The topological polar surface area (TPSA) is 149 Å². The third kappa shape index (κ3) is 4.42. The molecule has 39 heavy (non-hydrogen) atoms. The van der Waals surface area contributed by atoms with E-state index in [1.165, 1.54) is 11.1 Å². The normalized spacial score (nSPS) is 13.7. The number of aromatic amines is 2. The third-order valence-corrected chi connectivity index (χ3v) is 6.68. The van der Waals surface area contributed by atoms with E-state index in [1.807, 2.05) is 12.1 Å². The highest BCUT2D eigenvalue weighted by Gasteiger charge is 2.23. The second-order valence-electron chi connectivity index (χ2n) is 9.43. The Hall–Kier alpha value is -4.91. The molecular formula is C26H26N10O3. The first-order chi connectivity index (χ1) is 18.9. The van der Waals surface area contributed by atoms with Gasteiger partial charge in [0.05, 0.1) is 47.8 Å². The lowest BCUT2D eigenvalue weighted by atomic mass is 10.1. The summed E-state index contributed by atoms with van der Waals surface area (Å²) in [5.74, 6) is 0.296. The van der Waals surface area contributed by atoms with Gasteiger partial charge in [-0.3, -0.25) is 24.8 Å². The Kier molecular flexibility index (Phi) is 6.11. The first kappa shape index (κ1) is 24.4. The van der Waals surface area contributed by atoms with Crippen LogP contribution in [0, 0.1) is 0 Å². The van der Waals surface area contributed by atoms with Crippen LogP contribution in [0.25, 0.3) is 44.7 Å². The molecule has 0 saturated carbocycles. The fraction of sp³-hybridized carbons (Fsp3) is 0.269. The molecule has 1 saturated heterocycles. The highest BCUT2D eigenvalue weighted by atomic mass is 16.5. The molecule has 0 radical (unpaired) electrons. The molecule has 0 spiro atoms. The molecule has 0 unspecified atom stereocenters. The van der Waals surface area contributed by atoms with E-state index < -0.39 is 0 Å². The van der Waals surface area contributed by atoms with Crippen molar-refractivity contribution in [2.24, 2.45) is 0 Å². The van der Waals surface area contributed by atoms with Gasteiger partial charge in [0.25, 0.3) is 5.91 Å². The maximum absolute atomic E-state index is 13.0. The maximum atomic E-state index is 13.0. The number of pyridine rings is 3. The van der Waals surface area contributed by atoms with E-state index in [9.17, 15) is 9.59 Å². The summed E-state index contributed by atoms with van der Waals surface area (Å²) < 4.78 is 5.36. The largest absolute Gasteiger partial charge is 0.378 e. The van der Waals surface area contributed by atoms with Crippen molar-refractivity contribution in [3.63, 3.8) is 0 Å². The van der Waals surface area contributed by atoms with E-state index in [2.05, 4.69) is 35.1 Å². The SMILES string of the molecule is CN(C)C(=O)c1cncc2[nH]c(-c3n[nH]c4ncc(-c5cncc(N(C)C(=O)N6CCOCC6)c5)cc34)nc12. The van der Waals surface area contributed by atoms with Crippen LogP contribution in [0.1, 0.15) is 10.4 Å². The van der Waals surface area contributed by atoms with Crippen LogP contribution in [0.5, 0.6) is 0 Å². The molecule has 6 rings (SSSR count). The van der Waals surface area contributed by atoms with Crippen molar-refractivity contribution >= 4 is 39.7 Å². The molecule has 1 aliphatic heterocycles. The molecule has 198 valence electrons. The number of amides is 3. The van der Waals surface area contributed by atoms with Crippen LogP contribution >= 0.6 is 0 Å². The molecule has 1 fully saturated rings. The molecular weight excluding hydrogens is 500 g/mol. The Balaban J connectivity index is 1.35. The number of fused-ring (bicyclic) bond motifs is 2. The minimum Gasteiger partial charge on any atom is -0.378 e. The zero-order valence-electron chi connectivity index (χ0n) is 21.7. The smallest absolute Gasteiger partial charge is 0.324 e. The Morgan fingerprint density at radius 3 is 2.54 bits per heavy atom. The predicted molar refractivity (Wildman–Crippen MR) is 144 cm³/mol. The number of aromatic nitrogens is 7. The van der Waals surface area contributed by atoms with E-state index >= 15 is 0 Å². The van der Waals surface area contributed by atoms with E-state index in [0.29, 0.717) is 65.8 Å². The monoisotopic (exact) mass is 526 g/mol. The molecule has 0 aliphatic carbocycles. The van der Waals surface area contributed by atoms with Crippen molar-refractivity contribution in [2.45, 2.75) is 0 Å². The molecule has 5 aromatic rings. The maximum Gasteiger partial charge on any atom is 0.324 e. The number of H-pyrrole nitrogens is 2. The number of imidazole rings is 1. The van der Waals surface area contributed by atoms with Crippen LogP contribution in [0.2, 0.25) is 0 Å². The summed E-state index contributed by atoms with van der Waals surface area (Å²) in [7, 11) is 5.10. The first-order valence-corrected chi connectivity index (χ1v) is 12.4. The lowest BCUT2D eigenvalue weighted by Gasteiger charge is -2.31. The number of nitrogens with zero attached hydrogens (tertiary/aromatic N) is 8. The van der Waals surface area contributed by atoms with Crippen LogP contribution in [0.4, 0.5) is 10.5 Å². The molecule has 6 heterocycles. The highest BCUT2D eigenvalue weighted by Crippen LogP contribution is 2.30. The van der Waals surface area contributed by atoms with E-state index in [1.54, 1.807) is 55.7 Å². The summed E-state index contributed by atoms with van der Waals surface area (Å²) in [5.41, 5.74) is 4.95. The number of nitrogens with one attached hydrogen (secondary N) is 2. The fourth-order valence-electron chi connectivity index (χ4n) is 4.53. The average molecular weight is 527 g/mol.